The van der Waals surface area contributed by atoms with Gasteiger partial charge < -0.3 is 4.98 Å². The lowest BCUT2D eigenvalue weighted by molar-refractivity contribution is 0.102. The maximum absolute atomic E-state index is 12.3. The first-order chi connectivity index (χ1) is 12.4. The molecule has 9 heteroatoms. The first-order valence-electron chi connectivity index (χ1n) is 7.96. The number of thioether (sulfide) groups is 1. The largest absolute Gasteiger partial charge is 0.330 e. The monoisotopic (exact) mass is 454 g/mol. The third kappa shape index (κ3) is 4.16. The summed E-state index contributed by atoms with van der Waals surface area (Å²) in [6.07, 6.45) is 0. The molecule has 138 valence electrons. The Labute approximate surface area is 168 Å². The second-order valence-corrected chi connectivity index (χ2v) is 7.43. The molecule has 2 heterocycles. The van der Waals surface area contributed by atoms with Gasteiger partial charge in [0.15, 0.2) is 16.6 Å². The molecule has 0 atom stereocenters. The molecule has 1 N–H and O–H groups in total. The van der Waals surface area contributed by atoms with Crippen molar-refractivity contribution in [3.8, 4) is 0 Å². The summed E-state index contributed by atoms with van der Waals surface area (Å²) in [5, 5.41) is 0.556. The third-order valence-corrected chi connectivity index (χ3v) is 5.40. The number of aryl methyl sites for hydroxylation is 1. The fraction of sp³-hybridized carbons (Fsp3) is 0.294. The molecule has 6 nitrogen and oxygen atoms in total. The molecule has 26 heavy (non-hydrogen) atoms. The molecule has 0 bridgehead atoms. The van der Waals surface area contributed by atoms with Crippen molar-refractivity contribution in [1.29, 1.82) is 0 Å². The highest BCUT2D eigenvalue weighted by atomic mass is 79.9. The number of aromatic amines is 1. The van der Waals surface area contributed by atoms with Crippen LogP contribution in [0.1, 0.15) is 24.2 Å². The quantitative estimate of drug-likeness (QED) is 0.365. The van der Waals surface area contributed by atoms with Gasteiger partial charge in [0.1, 0.15) is 10.2 Å². The van der Waals surface area contributed by atoms with E-state index >= 15 is 0 Å². The van der Waals surface area contributed by atoms with Crippen molar-refractivity contribution in [1.82, 2.24) is 19.1 Å². The molecule has 0 radical (unpaired) electrons. The molecule has 0 amide bonds. The van der Waals surface area contributed by atoms with Crippen LogP contribution in [-0.4, -0.2) is 30.6 Å². The molecule has 0 saturated heterocycles. The third-order valence-electron chi connectivity index (χ3n) is 3.56. The summed E-state index contributed by atoms with van der Waals surface area (Å²) in [6, 6.07) is 7.25. The number of hydrogen-bond donors (Lipinski definition) is 1. The lowest BCUT2D eigenvalue weighted by Gasteiger charge is -2.02. The van der Waals surface area contributed by atoms with Crippen LogP contribution in [0.15, 0.2) is 38.7 Å². The Morgan fingerprint density at radius 1 is 1.31 bits per heavy atom. The normalized spacial score (nSPS) is 10.5. The van der Waals surface area contributed by atoms with Crippen molar-refractivity contribution in [3.05, 3.63) is 49.4 Å². The smallest absolute Gasteiger partial charge is 0.329 e. The predicted octanol–water partition coefficient (Wildman–Crippen LogP) is 4.09. The lowest BCUT2D eigenvalue weighted by atomic mass is 10.2. The molecule has 0 aliphatic heterocycles. The van der Waals surface area contributed by atoms with Gasteiger partial charge in [0, 0.05) is 24.1 Å². The fourth-order valence-corrected chi connectivity index (χ4v) is 3.63. The lowest BCUT2D eigenvalue weighted by Crippen LogP contribution is -2.27. The Morgan fingerprint density at radius 2 is 2.00 bits per heavy atom. The number of fused-ring (bicyclic) bond motifs is 1. The predicted molar refractivity (Wildman–Crippen MR) is 112 cm³/mol. The van der Waals surface area contributed by atoms with Crippen molar-refractivity contribution in [3.63, 3.8) is 0 Å². The van der Waals surface area contributed by atoms with E-state index in [1.165, 1.54) is 20.9 Å². The minimum Gasteiger partial charge on any atom is -0.329 e. The molecule has 0 fully saturated rings. The van der Waals surface area contributed by atoms with Gasteiger partial charge in [-0.3, -0.25) is 13.9 Å². The van der Waals surface area contributed by atoms with Gasteiger partial charge in [-0.25, -0.2) is 9.78 Å². The number of H-pyrrole nitrogens is 1. The summed E-state index contributed by atoms with van der Waals surface area (Å²) in [5.74, 6) is 0.239. The van der Waals surface area contributed by atoms with Crippen LogP contribution in [0.3, 0.4) is 0 Å². The van der Waals surface area contributed by atoms with Crippen molar-refractivity contribution in [2.24, 2.45) is 14.1 Å². The number of nitrogens with one attached hydrogen (secondary N) is 1. The zero-order valence-electron chi connectivity index (χ0n) is 14.9. The number of rotatable bonds is 4. The maximum atomic E-state index is 12.3. The average Bonchev–Trinajstić information content (AvgIpc) is 3.09. The number of hydrogen-bond acceptors (Lipinski definition) is 5. The number of Topliss-reactive ketones (excluding diaryl/α,β-unsaturated/α-hetero) is 1. The topological polar surface area (TPSA) is 72.7 Å². The van der Waals surface area contributed by atoms with E-state index in [0.717, 1.165) is 4.47 Å². The minimum atomic E-state index is -0.235. The van der Waals surface area contributed by atoms with Gasteiger partial charge in [0.25, 0.3) is 0 Å². The minimum absolute atomic E-state index is 0.000187. The van der Waals surface area contributed by atoms with Crippen LogP contribution in [0.25, 0.3) is 11.2 Å². The highest BCUT2D eigenvalue weighted by Gasteiger charge is 2.13. The summed E-state index contributed by atoms with van der Waals surface area (Å²) in [7, 11) is 3.26. The van der Waals surface area contributed by atoms with Gasteiger partial charge in [0.05, 0.1) is 5.75 Å². The molecule has 0 unspecified atom stereocenters. The molecule has 0 aliphatic carbocycles. The van der Waals surface area contributed by atoms with Crippen LogP contribution in [0.5, 0.6) is 0 Å². The van der Waals surface area contributed by atoms with Gasteiger partial charge in [-0.15, -0.1) is 0 Å². The molecule has 2 aromatic heterocycles. The molecule has 0 saturated carbocycles. The van der Waals surface area contributed by atoms with E-state index in [-0.39, 0.29) is 17.2 Å². The van der Waals surface area contributed by atoms with E-state index in [0.29, 0.717) is 26.5 Å². The number of halogens is 1. The van der Waals surface area contributed by atoms with Crippen LogP contribution in [0.4, 0.5) is 0 Å². The summed E-state index contributed by atoms with van der Waals surface area (Å²) < 4.78 is 4.07. The van der Waals surface area contributed by atoms with Crippen LogP contribution in [0.2, 0.25) is 0 Å². The van der Waals surface area contributed by atoms with Crippen LogP contribution in [-0.2, 0) is 14.1 Å². The zero-order valence-corrected chi connectivity index (χ0v) is 18.1. The highest BCUT2D eigenvalue weighted by molar-refractivity contribution is 9.10. The number of carbonyl (C=O) groups excluding carboxylic acids is 1. The molecular weight excluding hydrogens is 436 g/mol. The first kappa shape index (κ1) is 20.6. The van der Waals surface area contributed by atoms with Gasteiger partial charge in [0.2, 0.25) is 0 Å². The van der Waals surface area contributed by atoms with Crippen LogP contribution < -0.4 is 5.69 Å². The Hall–Kier alpha value is -1.71. The zero-order chi connectivity index (χ0) is 19.4. The van der Waals surface area contributed by atoms with Crippen molar-refractivity contribution in [2.45, 2.75) is 19.0 Å². The molecular formula is C17H19BrN4O2S2. The van der Waals surface area contributed by atoms with Crippen LogP contribution in [0, 0.1) is 4.64 Å². The second-order valence-electron chi connectivity index (χ2n) is 5.17. The molecule has 1 aromatic carbocycles. The summed E-state index contributed by atoms with van der Waals surface area (Å²) in [6.45, 7) is 4.00. The van der Waals surface area contributed by atoms with Crippen LogP contribution >= 0.6 is 39.9 Å². The second kappa shape index (κ2) is 8.79. The Balaban J connectivity index is 0.00000117. The fourth-order valence-electron chi connectivity index (χ4n) is 2.25. The van der Waals surface area contributed by atoms with Crippen molar-refractivity contribution in [2.75, 3.05) is 5.75 Å². The van der Waals surface area contributed by atoms with Crippen molar-refractivity contribution >= 4 is 56.9 Å². The van der Waals surface area contributed by atoms with E-state index in [4.69, 9.17) is 12.2 Å². The van der Waals surface area contributed by atoms with Crippen molar-refractivity contribution < 1.29 is 4.79 Å². The number of aromatic nitrogens is 4. The number of carbonyl (C=O) groups is 1. The van der Waals surface area contributed by atoms with Gasteiger partial charge in [-0.1, -0.05) is 65.9 Å². The SMILES string of the molecule is CC.Cn1c(=S)c2[nH]c(SCC(=O)c3cccc(Br)c3)nc2n(C)c1=O. The van der Waals surface area contributed by atoms with E-state index in [9.17, 15) is 9.59 Å². The van der Waals surface area contributed by atoms with Gasteiger partial charge >= 0.3 is 5.69 Å². The van der Waals surface area contributed by atoms with Gasteiger partial charge in [-0.05, 0) is 12.1 Å². The van der Waals surface area contributed by atoms with E-state index in [1.807, 2.05) is 26.0 Å². The van der Waals surface area contributed by atoms with E-state index in [2.05, 4.69) is 25.9 Å². The number of nitrogens with zero attached hydrogens (tertiary/aromatic N) is 3. The van der Waals surface area contributed by atoms with E-state index < -0.39 is 0 Å². The van der Waals surface area contributed by atoms with E-state index in [1.54, 1.807) is 26.2 Å². The molecule has 3 aromatic rings. The summed E-state index contributed by atoms with van der Waals surface area (Å²) in [4.78, 5) is 31.8. The molecule has 0 spiro atoms. The molecule has 0 aliphatic rings. The highest BCUT2D eigenvalue weighted by Crippen LogP contribution is 2.21. The van der Waals surface area contributed by atoms with Gasteiger partial charge in [-0.2, -0.15) is 0 Å². The summed E-state index contributed by atoms with van der Waals surface area (Å²) in [5.41, 5.74) is 1.50. The number of benzene rings is 1. The number of ketones is 1. The maximum Gasteiger partial charge on any atom is 0.330 e. The average molecular weight is 455 g/mol. The summed E-state index contributed by atoms with van der Waals surface area (Å²) >= 11 is 9.92. The Bertz CT molecular complexity index is 1070. The standard InChI is InChI=1S/C15H13BrN4O2S2.C2H6/c1-19-12-11(13(23)20(2)15(19)22)17-14(18-12)24-7-10(21)8-4-3-5-9(16)6-8;1-2/h3-6H,7H2,1-2H3,(H,17,18);1-2H3. The molecule has 3 rings (SSSR count). The first-order valence-corrected chi connectivity index (χ1v) is 10.1. The number of imidazole rings is 1. The Kier molecular flexibility index (Phi) is 6.96. The Morgan fingerprint density at radius 3 is 2.65 bits per heavy atom.